The van der Waals surface area contributed by atoms with Crippen LogP contribution in [0.25, 0.3) is 0 Å². The number of ether oxygens (including phenoxy) is 1. The molecule has 2 N–H and O–H groups in total. The van der Waals surface area contributed by atoms with Crippen molar-refractivity contribution in [2.24, 2.45) is 5.73 Å². The van der Waals surface area contributed by atoms with Crippen molar-refractivity contribution in [3.63, 3.8) is 0 Å². The van der Waals surface area contributed by atoms with Gasteiger partial charge in [0.05, 0.1) is 5.56 Å². The maximum atomic E-state index is 11.2. The van der Waals surface area contributed by atoms with Crippen LogP contribution < -0.4 is 5.73 Å². The highest BCUT2D eigenvalue weighted by molar-refractivity contribution is 7.66. The summed E-state index contributed by atoms with van der Waals surface area (Å²) in [6.45, 7) is 0. The van der Waals surface area contributed by atoms with E-state index in [4.69, 9.17) is 5.73 Å². The van der Waals surface area contributed by atoms with Gasteiger partial charge in [-0.2, -0.15) is 0 Å². The molecule has 0 bridgehead atoms. The molecular formula is C8H8NO3S+. The lowest BCUT2D eigenvalue weighted by atomic mass is 10.2. The summed E-state index contributed by atoms with van der Waals surface area (Å²) in [6.07, 6.45) is 0. The molecule has 0 fully saturated rings. The van der Waals surface area contributed by atoms with Crippen molar-refractivity contribution in [1.29, 1.82) is 0 Å². The number of carbonyl (C=O) groups excluding carboxylic acids is 1. The lowest BCUT2D eigenvalue weighted by molar-refractivity contribution is 0.0463. The maximum Gasteiger partial charge on any atom is 0.526 e. The SMILES string of the molecule is NC(OC(=O)c1ccccc1)[S+]=O. The van der Waals surface area contributed by atoms with Gasteiger partial charge in [0.15, 0.2) is 0 Å². The van der Waals surface area contributed by atoms with Crippen LogP contribution in [0.2, 0.25) is 0 Å². The number of carbonyl (C=O) groups is 1. The quantitative estimate of drug-likeness (QED) is 0.436. The van der Waals surface area contributed by atoms with E-state index in [1.165, 1.54) is 0 Å². The predicted molar refractivity (Wildman–Crippen MR) is 47.9 cm³/mol. The molecule has 68 valence electrons. The third kappa shape index (κ3) is 2.89. The molecule has 1 aromatic carbocycles. The van der Waals surface area contributed by atoms with Crippen LogP contribution >= 0.6 is 0 Å². The van der Waals surface area contributed by atoms with Crippen molar-refractivity contribution in [3.05, 3.63) is 35.9 Å². The number of rotatable bonds is 3. The normalized spacial score (nSPS) is 11.8. The molecular weight excluding hydrogens is 190 g/mol. The van der Waals surface area contributed by atoms with Crippen LogP contribution in [0.4, 0.5) is 0 Å². The van der Waals surface area contributed by atoms with Gasteiger partial charge in [-0.05, 0) is 12.1 Å². The largest absolute Gasteiger partial charge is 0.526 e. The Morgan fingerprint density at radius 3 is 2.54 bits per heavy atom. The van der Waals surface area contributed by atoms with Crippen LogP contribution in [0.5, 0.6) is 0 Å². The second-order valence-corrected chi connectivity index (χ2v) is 2.89. The molecule has 13 heavy (non-hydrogen) atoms. The summed E-state index contributed by atoms with van der Waals surface area (Å²) in [5, 5.41) is 0. The van der Waals surface area contributed by atoms with E-state index >= 15 is 0 Å². The second kappa shape index (κ2) is 4.64. The lowest BCUT2D eigenvalue weighted by Crippen LogP contribution is -2.25. The number of nitrogens with two attached hydrogens (primary N) is 1. The Kier molecular flexibility index (Phi) is 3.48. The van der Waals surface area contributed by atoms with Crippen molar-refractivity contribution in [3.8, 4) is 0 Å². The number of hydrogen-bond acceptors (Lipinski definition) is 4. The van der Waals surface area contributed by atoms with Gasteiger partial charge in [0.1, 0.15) is 0 Å². The van der Waals surface area contributed by atoms with Gasteiger partial charge in [-0.15, -0.1) is 0 Å². The van der Waals surface area contributed by atoms with Gasteiger partial charge < -0.3 is 4.74 Å². The fraction of sp³-hybridized carbons (Fsp3) is 0.125. The minimum absolute atomic E-state index is 0.0325. The van der Waals surface area contributed by atoms with Crippen LogP contribution in [0.15, 0.2) is 30.3 Å². The standard InChI is InChI=1S/C8H8NO3S/c9-8(13-11)12-7(10)6-4-2-1-3-5-6/h1-5,8H,9H2/q+1. The molecule has 0 aliphatic rings. The van der Waals surface area contributed by atoms with Gasteiger partial charge in [-0.25, -0.2) is 10.5 Å². The number of esters is 1. The molecule has 0 aliphatic carbocycles. The predicted octanol–water partition coefficient (Wildman–Crippen LogP) is 0.514. The molecule has 0 saturated carbocycles. The van der Waals surface area contributed by atoms with E-state index in [0.29, 0.717) is 5.56 Å². The Balaban J connectivity index is 2.64. The van der Waals surface area contributed by atoms with E-state index in [2.05, 4.69) is 4.74 Å². The van der Waals surface area contributed by atoms with Crippen LogP contribution in [-0.2, 0) is 20.6 Å². The Hall–Kier alpha value is -1.33. The van der Waals surface area contributed by atoms with Gasteiger partial charge in [-0.3, -0.25) is 0 Å². The van der Waals surface area contributed by atoms with Crippen molar-refractivity contribution in [2.75, 3.05) is 0 Å². The minimum atomic E-state index is -1.15. The molecule has 0 saturated heterocycles. The van der Waals surface area contributed by atoms with E-state index in [9.17, 15) is 9.00 Å². The van der Waals surface area contributed by atoms with Gasteiger partial charge in [0.25, 0.3) is 0 Å². The summed E-state index contributed by atoms with van der Waals surface area (Å²) >= 11 is 0.0325. The molecule has 1 aromatic rings. The van der Waals surface area contributed by atoms with Crippen molar-refractivity contribution >= 4 is 17.6 Å². The topological polar surface area (TPSA) is 69.4 Å². The molecule has 1 atom stereocenters. The van der Waals surface area contributed by atoms with Crippen molar-refractivity contribution in [1.82, 2.24) is 0 Å². The van der Waals surface area contributed by atoms with E-state index < -0.39 is 11.5 Å². The highest BCUT2D eigenvalue weighted by Crippen LogP contribution is 2.01. The molecule has 1 unspecified atom stereocenters. The second-order valence-electron chi connectivity index (χ2n) is 2.24. The van der Waals surface area contributed by atoms with Gasteiger partial charge >= 0.3 is 23.2 Å². The maximum absolute atomic E-state index is 11.2. The third-order valence-corrected chi connectivity index (χ3v) is 1.61. The average Bonchev–Trinajstić information content (AvgIpc) is 2.19. The summed E-state index contributed by atoms with van der Waals surface area (Å²) in [5.74, 6) is -0.587. The molecule has 5 heteroatoms. The highest BCUT2D eigenvalue weighted by Gasteiger charge is 2.20. The highest BCUT2D eigenvalue weighted by atomic mass is 32.1. The zero-order chi connectivity index (χ0) is 9.68. The molecule has 0 aliphatic heterocycles. The monoisotopic (exact) mass is 198 g/mol. The summed E-state index contributed by atoms with van der Waals surface area (Å²) in [6, 6.07) is 8.35. The van der Waals surface area contributed by atoms with E-state index in [0.717, 1.165) is 0 Å². The Bertz CT molecular complexity index is 302. The Morgan fingerprint density at radius 2 is 2.00 bits per heavy atom. The molecule has 0 amide bonds. The van der Waals surface area contributed by atoms with Crippen LogP contribution in [0.3, 0.4) is 0 Å². The summed E-state index contributed by atoms with van der Waals surface area (Å²) < 4.78 is 14.7. The average molecular weight is 198 g/mol. The van der Waals surface area contributed by atoms with E-state index in [1.807, 2.05) is 0 Å². The van der Waals surface area contributed by atoms with Crippen molar-refractivity contribution in [2.45, 2.75) is 5.56 Å². The first-order valence-electron chi connectivity index (χ1n) is 3.54. The zero-order valence-corrected chi connectivity index (χ0v) is 7.49. The van der Waals surface area contributed by atoms with Gasteiger partial charge in [-0.1, -0.05) is 18.2 Å². The fourth-order valence-corrected chi connectivity index (χ4v) is 0.894. The summed E-state index contributed by atoms with van der Waals surface area (Å²) in [5.41, 5.74) is 4.35. The molecule has 4 nitrogen and oxygen atoms in total. The first-order chi connectivity index (χ1) is 6.24. The molecule has 0 radical (unpaired) electrons. The number of benzene rings is 1. The zero-order valence-electron chi connectivity index (χ0n) is 6.67. The summed E-state index contributed by atoms with van der Waals surface area (Å²) in [7, 11) is 0. The van der Waals surface area contributed by atoms with Crippen molar-refractivity contribution < 1.29 is 13.7 Å². The first-order valence-corrected chi connectivity index (χ1v) is 4.35. The minimum Gasteiger partial charge on any atom is -0.388 e. The van der Waals surface area contributed by atoms with Gasteiger partial charge in [0, 0.05) is 4.21 Å². The van der Waals surface area contributed by atoms with Crippen LogP contribution in [0, 0.1) is 0 Å². The molecule has 0 spiro atoms. The summed E-state index contributed by atoms with van der Waals surface area (Å²) in [4.78, 5) is 11.2. The Labute approximate surface area is 79.2 Å². The smallest absolute Gasteiger partial charge is 0.388 e. The first kappa shape index (κ1) is 9.76. The molecule has 0 aromatic heterocycles. The fourth-order valence-electron chi connectivity index (χ4n) is 0.767. The van der Waals surface area contributed by atoms with E-state index in [1.54, 1.807) is 30.3 Å². The van der Waals surface area contributed by atoms with Crippen LogP contribution in [-0.4, -0.2) is 11.5 Å². The lowest BCUT2D eigenvalue weighted by Gasteiger charge is -1.98. The molecule has 0 heterocycles. The van der Waals surface area contributed by atoms with E-state index in [-0.39, 0.29) is 11.7 Å². The third-order valence-electron chi connectivity index (χ3n) is 1.33. The Morgan fingerprint density at radius 1 is 1.38 bits per heavy atom. The molecule has 1 rings (SSSR count). The number of hydrogen-bond donors (Lipinski definition) is 1. The van der Waals surface area contributed by atoms with Gasteiger partial charge in [0.2, 0.25) is 0 Å². The van der Waals surface area contributed by atoms with Crippen LogP contribution in [0.1, 0.15) is 10.4 Å².